The largest absolute Gasteiger partial charge is 0.481 e. The number of carboxylic acid groups (broad SMARTS) is 1. The van der Waals surface area contributed by atoms with Crippen LogP contribution in [-0.2, 0) is 4.79 Å². The Balaban J connectivity index is 2.32. The molecule has 2 aromatic carbocycles. The van der Waals surface area contributed by atoms with Crippen molar-refractivity contribution in [1.82, 2.24) is 0 Å². The van der Waals surface area contributed by atoms with Gasteiger partial charge in [-0.3, -0.25) is 4.79 Å². The number of aliphatic carboxylic acids is 1. The van der Waals surface area contributed by atoms with Crippen molar-refractivity contribution in [3.05, 3.63) is 53.6 Å². The van der Waals surface area contributed by atoms with Gasteiger partial charge in [0.25, 0.3) is 0 Å². The second-order valence-corrected chi connectivity index (χ2v) is 4.54. The molecule has 98 valence electrons. The molecule has 0 aromatic heterocycles. The van der Waals surface area contributed by atoms with E-state index in [1.807, 2.05) is 36.4 Å². The number of fused-ring (bicyclic) bond motifs is 1. The van der Waals surface area contributed by atoms with Gasteiger partial charge >= 0.3 is 5.97 Å². The fourth-order valence-electron chi connectivity index (χ4n) is 1.94. The average molecular weight is 256 g/mol. The van der Waals surface area contributed by atoms with Gasteiger partial charge in [0.2, 0.25) is 0 Å². The summed E-state index contributed by atoms with van der Waals surface area (Å²) in [5.41, 5.74) is 1.83. The van der Waals surface area contributed by atoms with E-state index in [1.165, 1.54) is 0 Å². The number of carboxylic acids is 1. The standard InChI is InChI=1S/C16H16O3/c1-11(17)14-8-7-13-6-5-12(9-15(13)10-14)3-2-4-16(18)19/h2-3,5-11,17H,4H2,1H3,(H,18,19)/t11-/m1/s1. The quantitative estimate of drug-likeness (QED) is 0.881. The Morgan fingerprint density at radius 1 is 1.21 bits per heavy atom. The van der Waals surface area contributed by atoms with E-state index in [4.69, 9.17) is 5.11 Å². The zero-order valence-electron chi connectivity index (χ0n) is 10.7. The van der Waals surface area contributed by atoms with Crippen LogP contribution in [0, 0.1) is 0 Å². The minimum Gasteiger partial charge on any atom is -0.481 e. The highest BCUT2D eigenvalue weighted by atomic mass is 16.4. The molecule has 0 heterocycles. The van der Waals surface area contributed by atoms with E-state index in [1.54, 1.807) is 19.1 Å². The van der Waals surface area contributed by atoms with E-state index in [9.17, 15) is 9.90 Å². The highest BCUT2D eigenvalue weighted by Crippen LogP contribution is 2.22. The maximum atomic E-state index is 10.4. The van der Waals surface area contributed by atoms with Gasteiger partial charge in [0.15, 0.2) is 0 Å². The van der Waals surface area contributed by atoms with E-state index in [0.717, 1.165) is 21.9 Å². The molecule has 0 amide bonds. The molecule has 0 spiro atoms. The van der Waals surface area contributed by atoms with E-state index < -0.39 is 12.1 Å². The van der Waals surface area contributed by atoms with Crippen LogP contribution in [-0.4, -0.2) is 16.2 Å². The topological polar surface area (TPSA) is 57.5 Å². The van der Waals surface area contributed by atoms with Gasteiger partial charge in [-0.1, -0.05) is 36.4 Å². The average Bonchev–Trinajstić information content (AvgIpc) is 2.37. The number of rotatable bonds is 4. The lowest BCUT2D eigenvalue weighted by Gasteiger charge is -2.06. The number of carbonyl (C=O) groups is 1. The summed E-state index contributed by atoms with van der Waals surface area (Å²) in [4.78, 5) is 10.4. The zero-order valence-corrected chi connectivity index (χ0v) is 10.7. The Hall–Kier alpha value is -2.13. The van der Waals surface area contributed by atoms with Crippen LogP contribution in [0.25, 0.3) is 16.8 Å². The van der Waals surface area contributed by atoms with Gasteiger partial charge in [0, 0.05) is 0 Å². The molecule has 2 N–H and O–H groups in total. The van der Waals surface area contributed by atoms with Crippen molar-refractivity contribution in [3.63, 3.8) is 0 Å². The summed E-state index contributed by atoms with van der Waals surface area (Å²) in [5, 5.41) is 20.3. The first kappa shape index (κ1) is 13.3. The molecule has 0 bridgehead atoms. The molecule has 0 saturated heterocycles. The molecule has 0 fully saturated rings. The maximum Gasteiger partial charge on any atom is 0.307 e. The summed E-state index contributed by atoms with van der Waals surface area (Å²) in [7, 11) is 0. The number of hydrogen-bond acceptors (Lipinski definition) is 2. The normalized spacial score (nSPS) is 12.9. The number of hydrogen-bond donors (Lipinski definition) is 2. The van der Waals surface area contributed by atoms with E-state index in [2.05, 4.69) is 0 Å². The molecule has 2 rings (SSSR count). The van der Waals surface area contributed by atoms with Gasteiger partial charge in [0.05, 0.1) is 12.5 Å². The number of aliphatic hydroxyl groups is 1. The minimum absolute atomic E-state index is 0.0196. The molecule has 2 aromatic rings. The molecule has 0 aliphatic carbocycles. The summed E-state index contributed by atoms with van der Waals surface area (Å²) >= 11 is 0. The number of benzene rings is 2. The monoisotopic (exact) mass is 256 g/mol. The molecule has 0 radical (unpaired) electrons. The molecule has 0 unspecified atom stereocenters. The highest BCUT2D eigenvalue weighted by Gasteiger charge is 2.02. The summed E-state index contributed by atoms with van der Waals surface area (Å²) in [6, 6.07) is 11.8. The third-order valence-electron chi connectivity index (χ3n) is 2.97. The lowest BCUT2D eigenvalue weighted by molar-refractivity contribution is -0.135. The molecular formula is C16H16O3. The number of aliphatic hydroxyl groups excluding tert-OH is 1. The van der Waals surface area contributed by atoms with Crippen LogP contribution in [0.4, 0.5) is 0 Å². The molecule has 0 aliphatic rings. The smallest absolute Gasteiger partial charge is 0.307 e. The fourth-order valence-corrected chi connectivity index (χ4v) is 1.94. The second kappa shape index (κ2) is 5.67. The Morgan fingerprint density at radius 3 is 2.63 bits per heavy atom. The van der Waals surface area contributed by atoms with Gasteiger partial charge in [-0.15, -0.1) is 0 Å². The molecular weight excluding hydrogens is 240 g/mol. The van der Waals surface area contributed by atoms with E-state index in [-0.39, 0.29) is 6.42 Å². The van der Waals surface area contributed by atoms with Crippen molar-refractivity contribution in [2.75, 3.05) is 0 Å². The predicted molar refractivity (Wildman–Crippen MR) is 75.9 cm³/mol. The molecule has 1 atom stereocenters. The molecule has 19 heavy (non-hydrogen) atoms. The lowest BCUT2D eigenvalue weighted by Crippen LogP contribution is -1.90. The van der Waals surface area contributed by atoms with Crippen molar-refractivity contribution in [3.8, 4) is 0 Å². The van der Waals surface area contributed by atoms with Crippen LogP contribution in [0.1, 0.15) is 30.6 Å². The van der Waals surface area contributed by atoms with Crippen molar-refractivity contribution >= 4 is 22.8 Å². The van der Waals surface area contributed by atoms with Crippen LogP contribution in [0.5, 0.6) is 0 Å². The van der Waals surface area contributed by atoms with Crippen molar-refractivity contribution in [2.24, 2.45) is 0 Å². The van der Waals surface area contributed by atoms with Crippen LogP contribution >= 0.6 is 0 Å². The maximum absolute atomic E-state index is 10.4. The van der Waals surface area contributed by atoms with Crippen molar-refractivity contribution in [2.45, 2.75) is 19.4 Å². The molecule has 0 aliphatic heterocycles. The van der Waals surface area contributed by atoms with Gasteiger partial charge in [-0.25, -0.2) is 0 Å². The van der Waals surface area contributed by atoms with Crippen LogP contribution in [0.3, 0.4) is 0 Å². The van der Waals surface area contributed by atoms with Crippen LogP contribution < -0.4 is 0 Å². The minimum atomic E-state index is -0.839. The van der Waals surface area contributed by atoms with Gasteiger partial charge in [0.1, 0.15) is 0 Å². The first-order chi connectivity index (χ1) is 9.06. The Morgan fingerprint density at radius 2 is 1.95 bits per heavy atom. The third-order valence-corrected chi connectivity index (χ3v) is 2.97. The second-order valence-electron chi connectivity index (χ2n) is 4.54. The van der Waals surface area contributed by atoms with E-state index >= 15 is 0 Å². The lowest BCUT2D eigenvalue weighted by atomic mass is 10.0. The molecule has 0 saturated carbocycles. The summed E-state index contributed by atoms with van der Waals surface area (Å²) < 4.78 is 0. The Bertz CT molecular complexity index is 627. The summed E-state index contributed by atoms with van der Waals surface area (Å²) in [5.74, 6) is -0.839. The SMILES string of the molecule is C[C@@H](O)c1ccc2ccc(C=CCC(=O)O)cc2c1. The molecule has 3 nitrogen and oxygen atoms in total. The van der Waals surface area contributed by atoms with Crippen LogP contribution in [0.2, 0.25) is 0 Å². The fraction of sp³-hybridized carbons (Fsp3) is 0.188. The molecule has 3 heteroatoms. The Kier molecular flexibility index (Phi) is 3.97. The first-order valence-electron chi connectivity index (χ1n) is 6.16. The van der Waals surface area contributed by atoms with Gasteiger partial charge < -0.3 is 10.2 Å². The summed E-state index contributed by atoms with van der Waals surface area (Å²) in [6.45, 7) is 1.73. The summed E-state index contributed by atoms with van der Waals surface area (Å²) in [6.07, 6.45) is 2.95. The Labute approximate surface area is 111 Å². The third kappa shape index (κ3) is 3.42. The predicted octanol–water partition coefficient (Wildman–Crippen LogP) is 3.38. The van der Waals surface area contributed by atoms with Crippen molar-refractivity contribution < 1.29 is 15.0 Å². The van der Waals surface area contributed by atoms with Crippen molar-refractivity contribution in [1.29, 1.82) is 0 Å². The first-order valence-corrected chi connectivity index (χ1v) is 6.16. The van der Waals surface area contributed by atoms with Gasteiger partial charge in [-0.05, 0) is 41.0 Å². The van der Waals surface area contributed by atoms with Crippen LogP contribution in [0.15, 0.2) is 42.5 Å². The highest BCUT2D eigenvalue weighted by molar-refractivity contribution is 5.85. The van der Waals surface area contributed by atoms with E-state index in [0.29, 0.717) is 0 Å². The zero-order chi connectivity index (χ0) is 13.8. The van der Waals surface area contributed by atoms with Gasteiger partial charge in [-0.2, -0.15) is 0 Å².